The molecule has 0 saturated carbocycles. The van der Waals surface area contributed by atoms with E-state index in [2.05, 4.69) is 10.1 Å². The standard InChI is InChI=1S/C22H18N4O6/c1-3-31-22(28)17-12-16-19(24-25(2)21(27)20(16)23-17)15-11-13(26(29)30)9-10-18(15)32-14-7-5-4-6-8-14/h4-12,23H,3H2,1-2H3. The van der Waals surface area contributed by atoms with Gasteiger partial charge >= 0.3 is 5.97 Å². The third kappa shape index (κ3) is 3.81. The number of aryl methyl sites for hydroxylation is 1. The summed E-state index contributed by atoms with van der Waals surface area (Å²) in [7, 11) is 1.45. The molecule has 0 saturated heterocycles. The number of nitrogens with one attached hydrogen (secondary N) is 1. The zero-order chi connectivity index (χ0) is 22.8. The Hall–Kier alpha value is -4.47. The van der Waals surface area contributed by atoms with Crippen LogP contribution in [0, 0.1) is 10.1 Å². The summed E-state index contributed by atoms with van der Waals surface area (Å²) in [6.07, 6.45) is 0. The van der Waals surface area contributed by atoms with Crippen molar-refractivity contribution < 1.29 is 19.2 Å². The summed E-state index contributed by atoms with van der Waals surface area (Å²) >= 11 is 0. The first-order valence-corrected chi connectivity index (χ1v) is 9.68. The van der Waals surface area contributed by atoms with Crippen molar-refractivity contribution >= 4 is 22.6 Å². The van der Waals surface area contributed by atoms with Crippen LogP contribution in [0.3, 0.4) is 0 Å². The van der Waals surface area contributed by atoms with E-state index in [1.54, 1.807) is 31.2 Å². The summed E-state index contributed by atoms with van der Waals surface area (Å²) in [6, 6.07) is 14.5. The molecule has 0 aliphatic heterocycles. The van der Waals surface area contributed by atoms with Gasteiger partial charge in [0.2, 0.25) is 0 Å². The number of rotatable bonds is 6. The minimum absolute atomic E-state index is 0.0733. The average Bonchev–Trinajstić information content (AvgIpc) is 3.23. The van der Waals surface area contributed by atoms with Crippen LogP contribution in [0.1, 0.15) is 17.4 Å². The Labute approximate surface area is 181 Å². The molecule has 4 aromatic rings. The van der Waals surface area contributed by atoms with Crippen molar-refractivity contribution in [2.45, 2.75) is 6.92 Å². The van der Waals surface area contributed by atoms with Gasteiger partial charge in [-0.05, 0) is 31.2 Å². The third-order valence-corrected chi connectivity index (χ3v) is 4.73. The summed E-state index contributed by atoms with van der Waals surface area (Å²) < 4.78 is 12.1. The van der Waals surface area contributed by atoms with E-state index in [4.69, 9.17) is 9.47 Å². The van der Waals surface area contributed by atoms with Crippen molar-refractivity contribution in [3.63, 3.8) is 0 Å². The van der Waals surface area contributed by atoms with E-state index in [0.29, 0.717) is 16.9 Å². The summed E-state index contributed by atoms with van der Waals surface area (Å²) in [6.45, 7) is 1.83. The Bertz CT molecular complexity index is 1390. The lowest BCUT2D eigenvalue weighted by molar-refractivity contribution is -0.384. The van der Waals surface area contributed by atoms with Gasteiger partial charge in [0.25, 0.3) is 11.2 Å². The molecule has 32 heavy (non-hydrogen) atoms. The molecule has 2 aromatic heterocycles. The molecule has 0 spiro atoms. The largest absolute Gasteiger partial charge is 0.461 e. The monoisotopic (exact) mass is 434 g/mol. The van der Waals surface area contributed by atoms with Gasteiger partial charge in [0.15, 0.2) is 0 Å². The van der Waals surface area contributed by atoms with E-state index in [0.717, 1.165) is 4.68 Å². The second-order valence-electron chi connectivity index (χ2n) is 6.82. The Balaban J connectivity index is 1.97. The van der Waals surface area contributed by atoms with Crippen LogP contribution in [0.5, 0.6) is 11.5 Å². The van der Waals surface area contributed by atoms with Crippen LogP contribution < -0.4 is 10.3 Å². The molecular weight excluding hydrogens is 416 g/mol. The van der Waals surface area contributed by atoms with Crippen molar-refractivity contribution in [1.29, 1.82) is 0 Å². The number of nitro groups is 1. The maximum absolute atomic E-state index is 12.6. The number of hydrogen-bond donors (Lipinski definition) is 1. The van der Waals surface area contributed by atoms with Gasteiger partial charge in [-0.25, -0.2) is 9.48 Å². The maximum Gasteiger partial charge on any atom is 0.354 e. The maximum atomic E-state index is 12.6. The molecule has 162 valence electrons. The molecule has 0 fully saturated rings. The number of para-hydroxylation sites is 1. The molecule has 0 radical (unpaired) electrons. The second kappa shape index (κ2) is 8.34. The summed E-state index contributed by atoms with van der Waals surface area (Å²) in [5, 5.41) is 16.1. The number of nitrogens with zero attached hydrogens (tertiary/aromatic N) is 3. The topological polar surface area (TPSA) is 129 Å². The highest BCUT2D eigenvalue weighted by Crippen LogP contribution is 2.38. The zero-order valence-corrected chi connectivity index (χ0v) is 17.2. The number of fused-ring (bicyclic) bond motifs is 1. The van der Waals surface area contributed by atoms with Crippen LogP contribution >= 0.6 is 0 Å². The second-order valence-corrected chi connectivity index (χ2v) is 6.82. The Morgan fingerprint density at radius 1 is 1.19 bits per heavy atom. The summed E-state index contributed by atoms with van der Waals surface area (Å²) in [5.74, 6) is 0.189. The molecular formula is C22H18N4O6. The van der Waals surface area contributed by atoms with Crippen LogP contribution in [0.25, 0.3) is 22.2 Å². The highest BCUT2D eigenvalue weighted by Gasteiger charge is 2.22. The molecule has 0 amide bonds. The number of carbonyl (C=O) groups excluding carboxylic acids is 1. The minimum atomic E-state index is -0.628. The van der Waals surface area contributed by atoms with Gasteiger partial charge in [-0.3, -0.25) is 14.9 Å². The molecule has 10 nitrogen and oxygen atoms in total. The van der Waals surface area contributed by atoms with Gasteiger partial charge in [0.1, 0.15) is 28.4 Å². The van der Waals surface area contributed by atoms with Crippen LogP contribution in [-0.2, 0) is 11.8 Å². The Kier molecular flexibility index (Phi) is 5.42. The van der Waals surface area contributed by atoms with Crippen LogP contribution in [0.2, 0.25) is 0 Å². The lowest BCUT2D eigenvalue weighted by Crippen LogP contribution is -2.20. The Morgan fingerprint density at radius 3 is 2.62 bits per heavy atom. The molecule has 0 unspecified atom stereocenters. The number of H-pyrrole nitrogens is 1. The normalized spacial score (nSPS) is 10.8. The fourth-order valence-corrected chi connectivity index (χ4v) is 3.26. The highest BCUT2D eigenvalue weighted by atomic mass is 16.6. The molecule has 2 heterocycles. The van der Waals surface area contributed by atoms with Gasteiger partial charge in [-0.2, -0.15) is 5.10 Å². The van der Waals surface area contributed by atoms with E-state index in [-0.39, 0.29) is 34.8 Å². The number of benzene rings is 2. The van der Waals surface area contributed by atoms with Gasteiger partial charge in [0, 0.05) is 24.6 Å². The number of carbonyl (C=O) groups is 1. The SMILES string of the molecule is CCOC(=O)c1cc2c(-c3cc([N+](=O)[O-])ccc3Oc3ccccc3)nn(C)c(=O)c2[nH]1. The number of hydrogen-bond acceptors (Lipinski definition) is 7. The van der Waals surface area contributed by atoms with Gasteiger partial charge < -0.3 is 14.5 Å². The number of nitro benzene ring substituents is 1. The molecule has 0 aliphatic rings. The first-order valence-electron chi connectivity index (χ1n) is 9.68. The summed E-state index contributed by atoms with van der Waals surface area (Å²) in [4.78, 5) is 38.5. The zero-order valence-electron chi connectivity index (χ0n) is 17.2. The highest BCUT2D eigenvalue weighted by molar-refractivity contribution is 6.00. The molecule has 1 N–H and O–H groups in total. The number of aromatic nitrogens is 3. The van der Waals surface area contributed by atoms with E-state index in [1.807, 2.05) is 6.07 Å². The minimum Gasteiger partial charge on any atom is -0.461 e. The number of esters is 1. The van der Waals surface area contributed by atoms with E-state index in [1.165, 1.54) is 31.3 Å². The number of ether oxygens (including phenoxy) is 2. The quantitative estimate of drug-likeness (QED) is 0.277. The van der Waals surface area contributed by atoms with E-state index in [9.17, 15) is 19.7 Å². The van der Waals surface area contributed by atoms with Crippen molar-refractivity contribution in [2.75, 3.05) is 6.61 Å². The molecule has 2 aromatic carbocycles. The van der Waals surface area contributed by atoms with E-state index >= 15 is 0 Å². The number of aromatic amines is 1. The van der Waals surface area contributed by atoms with E-state index < -0.39 is 16.5 Å². The molecule has 0 atom stereocenters. The molecule has 10 heteroatoms. The fourth-order valence-electron chi connectivity index (χ4n) is 3.26. The Morgan fingerprint density at radius 2 is 1.94 bits per heavy atom. The lowest BCUT2D eigenvalue weighted by Gasteiger charge is -2.12. The third-order valence-electron chi connectivity index (χ3n) is 4.73. The van der Waals surface area contributed by atoms with Crippen LogP contribution in [-0.4, -0.2) is 32.3 Å². The van der Waals surface area contributed by atoms with Crippen molar-refractivity contribution in [3.8, 4) is 22.8 Å². The van der Waals surface area contributed by atoms with Gasteiger partial charge in [-0.1, -0.05) is 18.2 Å². The first-order chi connectivity index (χ1) is 15.4. The first kappa shape index (κ1) is 20.8. The van der Waals surface area contributed by atoms with Crippen molar-refractivity contribution in [3.05, 3.63) is 80.8 Å². The van der Waals surface area contributed by atoms with Gasteiger partial charge in [-0.15, -0.1) is 0 Å². The lowest BCUT2D eigenvalue weighted by atomic mass is 10.1. The van der Waals surface area contributed by atoms with Gasteiger partial charge in [0.05, 0.1) is 17.1 Å². The number of non-ortho nitro benzene ring substituents is 1. The smallest absolute Gasteiger partial charge is 0.354 e. The molecule has 0 bridgehead atoms. The van der Waals surface area contributed by atoms with Crippen LogP contribution in [0.15, 0.2) is 59.4 Å². The van der Waals surface area contributed by atoms with Crippen LogP contribution in [0.4, 0.5) is 5.69 Å². The van der Waals surface area contributed by atoms with Crippen molar-refractivity contribution in [1.82, 2.24) is 14.8 Å². The predicted molar refractivity (Wildman–Crippen MR) is 116 cm³/mol. The van der Waals surface area contributed by atoms with Crippen molar-refractivity contribution in [2.24, 2.45) is 7.05 Å². The molecule has 0 aliphatic carbocycles. The predicted octanol–water partition coefficient (Wildman–Crippen LogP) is 3.81. The summed E-state index contributed by atoms with van der Waals surface area (Å²) in [5.41, 5.74) is 0.0871. The average molecular weight is 434 g/mol. The molecule has 4 rings (SSSR count). The fraction of sp³-hybridized carbons (Fsp3) is 0.136.